The fourth-order valence-corrected chi connectivity index (χ4v) is 9.72. The van der Waals surface area contributed by atoms with Crippen molar-refractivity contribution in [3.05, 3.63) is 125 Å². The van der Waals surface area contributed by atoms with Crippen LogP contribution in [0.3, 0.4) is 0 Å². The van der Waals surface area contributed by atoms with Crippen molar-refractivity contribution in [3.8, 4) is 0 Å². The van der Waals surface area contributed by atoms with E-state index in [1.54, 1.807) is 42.5 Å². The SMILES string of the molecule is CS(=O)(=O)n1ccc(C(=O)N[C@@H](COCc2ccc(C(=O)NCCCCCCCCNc3cccc4c3C(=O)N(C3CCC(=O)NC3=O)C4=O)cc2)C(=O)NC2NC(c3ccccc3)CS2)c1. The molecule has 2 saturated heterocycles. The van der Waals surface area contributed by atoms with E-state index in [1.807, 2.05) is 30.3 Å². The molecule has 0 saturated carbocycles. The first kappa shape index (κ1) is 48.6. The van der Waals surface area contributed by atoms with E-state index in [0.29, 0.717) is 24.3 Å². The van der Waals surface area contributed by atoms with Crippen LogP contribution in [0.5, 0.6) is 0 Å². The minimum Gasteiger partial charge on any atom is -0.384 e. The van der Waals surface area contributed by atoms with E-state index >= 15 is 0 Å². The van der Waals surface area contributed by atoms with E-state index in [-0.39, 0.29) is 54.7 Å². The molecule has 0 aliphatic carbocycles. The first-order chi connectivity index (χ1) is 32.3. The van der Waals surface area contributed by atoms with Gasteiger partial charge in [-0.05, 0) is 60.7 Å². The molecule has 6 N–H and O–H groups in total. The Kier molecular flexibility index (Phi) is 16.3. The molecule has 3 unspecified atom stereocenters. The highest BCUT2D eigenvalue weighted by atomic mass is 32.2. The molecule has 7 amide bonds. The van der Waals surface area contributed by atoms with Crippen LogP contribution in [-0.2, 0) is 35.8 Å². The topological polar surface area (TPSA) is 243 Å². The summed E-state index contributed by atoms with van der Waals surface area (Å²) in [4.78, 5) is 90.9. The number of fused-ring (bicyclic) bond motifs is 1. The molecule has 3 aromatic carbocycles. The number of hydrogen-bond acceptors (Lipinski definition) is 13. The minimum absolute atomic E-state index is 0.0278. The Morgan fingerprint density at radius 3 is 2.28 bits per heavy atom. The Morgan fingerprint density at radius 2 is 1.57 bits per heavy atom. The number of rotatable bonds is 22. The molecule has 67 heavy (non-hydrogen) atoms. The van der Waals surface area contributed by atoms with Gasteiger partial charge < -0.3 is 26.0 Å². The van der Waals surface area contributed by atoms with Crippen LogP contribution in [0.1, 0.15) is 110 Å². The van der Waals surface area contributed by atoms with Crippen molar-refractivity contribution >= 4 is 68.8 Å². The zero-order valence-corrected chi connectivity index (χ0v) is 38.6. The number of carbonyl (C=O) groups is 7. The number of amides is 7. The summed E-state index contributed by atoms with van der Waals surface area (Å²) in [5.74, 6) is -2.74. The fraction of sp³-hybridized carbons (Fsp3) is 0.383. The van der Waals surface area contributed by atoms with E-state index in [0.717, 1.165) is 70.5 Å². The maximum absolute atomic E-state index is 13.5. The number of nitrogens with zero attached hydrogens (tertiary/aromatic N) is 2. The maximum Gasteiger partial charge on any atom is 0.264 e. The van der Waals surface area contributed by atoms with Crippen molar-refractivity contribution in [1.29, 1.82) is 0 Å². The predicted octanol–water partition coefficient (Wildman–Crippen LogP) is 3.67. The number of ether oxygens (including phenoxy) is 1. The molecule has 18 nitrogen and oxygen atoms in total. The minimum atomic E-state index is -3.61. The number of benzene rings is 3. The number of aromatic nitrogens is 1. The van der Waals surface area contributed by atoms with E-state index in [2.05, 4.69) is 31.9 Å². The number of unbranched alkanes of at least 4 members (excludes halogenated alkanes) is 5. The van der Waals surface area contributed by atoms with Crippen LogP contribution in [0.25, 0.3) is 0 Å². The van der Waals surface area contributed by atoms with Crippen molar-refractivity contribution in [2.75, 3.05) is 37.0 Å². The van der Waals surface area contributed by atoms with E-state index in [4.69, 9.17) is 4.74 Å². The quantitative estimate of drug-likeness (QED) is 0.0488. The second-order valence-electron chi connectivity index (χ2n) is 16.6. The third kappa shape index (κ3) is 12.6. The van der Waals surface area contributed by atoms with Crippen molar-refractivity contribution in [3.63, 3.8) is 0 Å². The van der Waals surface area contributed by atoms with Crippen LogP contribution in [0.2, 0.25) is 0 Å². The molecule has 7 rings (SSSR count). The summed E-state index contributed by atoms with van der Waals surface area (Å²) in [7, 11) is -3.61. The third-order valence-electron chi connectivity index (χ3n) is 11.6. The van der Waals surface area contributed by atoms with Gasteiger partial charge in [0.05, 0.1) is 36.2 Å². The molecular weight excluding hydrogens is 901 g/mol. The van der Waals surface area contributed by atoms with Crippen LogP contribution >= 0.6 is 11.8 Å². The molecule has 4 heterocycles. The number of imide groups is 2. The van der Waals surface area contributed by atoms with Gasteiger partial charge in [0.15, 0.2) is 0 Å². The second kappa shape index (κ2) is 22.4. The standard InChI is InChI=1S/C47H54N8O10S2/c1-67(63,64)54-25-22-33(26-54)42(58)50-36(43(59)53-47-51-37(29-66-47)31-12-7-6-8-13-31)28-65-27-30-16-18-32(19-17-30)41(57)49-24-10-5-3-2-4-9-23-48-35-15-11-14-34-40(35)46(62)55(45(34)61)38-20-21-39(56)52-44(38)60/h6-8,11-19,22,25-26,36-38,47-48,51H,2-5,9-10,20-21,23-24,27-29H2,1H3,(H,49,57)(H,50,58)(H,53,59)(H,52,56,60)/t36-,37?,38?,47?/m0/s1. The van der Waals surface area contributed by atoms with E-state index in [1.165, 1.54) is 30.2 Å². The van der Waals surface area contributed by atoms with Gasteiger partial charge in [0.2, 0.25) is 27.7 Å². The molecule has 3 aliphatic rings. The van der Waals surface area contributed by atoms with Gasteiger partial charge in [0.1, 0.15) is 17.6 Å². The normalized spacial score (nSPS) is 18.6. The van der Waals surface area contributed by atoms with Crippen molar-refractivity contribution in [2.45, 2.75) is 81.6 Å². The number of carbonyl (C=O) groups excluding carboxylic acids is 7. The summed E-state index contributed by atoms with van der Waals surface area (Å²) in [5.41, 5.74) is 2.98. The van der Waals surface area contributed by atoms with Gasteiger partial charge in [-0.25, -0.2) is 8.42 Å². The molecular formula is C47H54N8O10S2. The third-order valence-corrected chi connectivity index (χ3v) is 13.7. The molecule has 0 radical (unpaired) electrons. The summed E-state index contributed by atoms with van der Waals surface area (Å²) in [6.07, 6.45) is 9.09. The van der Waals surface area contributed by atoms with Gasteiger partial charge in [-0.2, -0.15) is 0 Å². The van der Waals surface area contributed by atoms with Crippen molar-refractivity contribution in [1.82, 2.24) is 35.5 Å². The Bertz CT molecular complexity index is 2590. The number of nitrogens with one attached hydrogen (secondary N) is 6. The lowest BCUT2D eigenvalue weighted by Gasteiger charge is -2.27. The Hall–Kier alpha value is -6.35. The van der Waals surface area contributed by atoms with E-state index in [9.17, 15) is 42.0 Å². The van der Waals surface area contributed by atoms with Gasteiger partial charge >= 0.3 is 0 Å². The molecule has 354 valence electrons. The summed E-state index contributed by atoms with van der Waals surface area (Å²) in [6, 6.07) is 21.0. The second-order valence-corrected chi connectivity index (χ2v) is 19.6. The molecule has 4 aromatic rings. The lowest BCUT2D eigenvalue weighted by atomic mass is 10.0. The highest BCUT2D eigenvalue weighted by Gasteiger charge is 2.45. The number of hydrogen-bond donors (Lipinski definition) is 6. The lowest BCUT2D eigenvalue weighted by Crippen LogP contribution is -2.54. The van der Waals surface area contributed by atoms with Gasteiger partial charge in [0, 0.05) is 54.9 Å². The number of piperidine rings is 1. The predicted molar refractivity (Wildman–Crippen MR) is 250 cm³/mol. The highest BCUT2D eigenvalue weighted by molar-refractivity contribution is 8.00. The van der Waals surface area contributed by atoms with Crippen LogP contribution in [0.4, 0.5) is 5.69 Å². The molecule has 4 atom stereocenters. The van der Waals surface area contributed by atoms with Crippen molar-refractivity contribution in [2.24, 2.45) is 0 Å². The van der Waals surface area contributed by atoms with Crippen LogP contribution in [0, 0.1) is 0 Å². The lowest BCUT2D eigenvalue weighted by molar-refractivity contribution is -0.136. The zero-order chi connectivity index (χ0) is 47.5. The van der Waals surface area contributed by atoms with E-state index < -0.39 is 63.0 Å². The summed E-state index contributed by atoms with van der Waals surface area (Å²) in [6.45, 7) is 1.02. The summed E-state index contributed by atoms with van der Waals surface area (Å²) in [5, 5.41) is 17.5. The summed E-state index contributed by atoms with van der Waals surface area (Å²) < 4.78 is 30.8. The molecule has 1 aromatic heterocycles. The van der Waals surface area contributed by atoms with Gasteiger partial charge in [0.25, 0.3) is 23.6 Å². The smallest absolute Gasteiger partial charge is 0.264 e. The van der Waals surface area contributed by atoms with Crippen molar-refractivity contribution < 1.29 is 46.7 Å². The maximum atomic E-state index is 13.5. The Morgan fingerprint density at radius 1 is 0.836 bits per heavy atom. The average Bonchev–Trinajstić information content (AvgIpc) is 4.07. The van der Waals surface area contributed by atoms with Crippen LogP contribution < -0.4 is 31.9 Å². The first-order valence-electron chi connectivity index (χ1n) is 22.2. The van der Waals surface area contributed by atoms with Gasteiger partial charge in [-0.15, -0.1) is 11.8 Å². The molecule has 20 heteroatoms. The number of anilines is 1. The molecule has 3 aliphatic heterocycles. The monoisotopic (exact) mass is 954 g/mol. The number of thioether (sulfide) groups is 1. The Labute approximate surface area is 392 Å². The van der Waals surface area contributed by atoms with Crippen LogP contribution in [-0.4, -0.2) is 108 Å². The Balaban J connectivity index is 0.794. The summed E-state index contributed by atoms with van der Waals surface area (Å²) >= 11 is 1.52. The molecule has 0 spiro atoms. The van der Waals surface area contributed by atoms with Gasteiger partial charge in [-0.3, -0.25) is 53.1 Å². The molecule has 2 fully saturated rings. The largest absolute Gasteiger partial charge is 0.384 e. The average molecular weight is 955 g/mol. The van der Waals surface area contributed by atoms with Crippen LogP contribution in [0.15, 0.2) is 91.3 Å². The first-order valence-corrected chi connectivity index (χ1v) is 25.1. The van der Waals surface area contributed by atoms with Gasteiger partial charge in [-0.1, -0.05) is 74.2 Å². The fourth-order valence-electron chi connectivity index (χ4n) is 8.00. The zero-order valence-electron chi connectivity index (χ0n) is 37.0. The molecule has 0 bridgehead atoms. The highest BCUT2D eigenvalue weighted by Crippen LogP contribution is 2.33.